The summed E-state index contributed by atoms with van der Waals surface area (Å²) in [6.07, 6.45) is -0.172. The number of carbonyl (C=O) groups is 2. The van der Waals surface area contributed by atoms with Crippen LogP contribution in [0.1, 0.15) is 46.7 Å². The first-order valence-electron chi connectivity index (χ1n) is 7.78. The number of carboxylic acids is 1. The number of nitrogens with zero attached hydrogens (tertiary/aromatic N) is 1. The Morgan fingerprint density at radius 1 is 1.29 bits per heavy atom. The summed E-state index contributed by atoms with van der Waals surface area (Å²) in [5.41, 5.74) is 3.23. The van der Waals surface area contributed by atoms with Gasteiger partial charge in [0.25, 0.3) is 5.91 Å². The zero-order valence-electron chi connectivity index (χ0n) is 14.0. The first-order chi connectivity index (χ1) is 11.3. The summed E-state index contributed by atoms with van der Waals surface area (Å²) in [5.74, 6) is -1.21. The smallest absolute Gasteiger partial charge is 0.305 e. The first-order valence-corrected chi connectivity index (χ1v) is 8.57. The number of amides is 1. The van der Waals surface area contributed by atoms with Gasteiger partial charge in [0.1, 0.15) is 0 Å². The minimum Gasteiger partial charge on any atom is -0.481 e. The van der Waals surface area contributed by atoms with Crippen LogP contribution < -0.4 is 5.32 Å². The van der Waals surface area contributed by atoms with E-state index in [1.807, 2.05) is 51.1 Å². The lowest BCUT2D eigenvalue weighted by molar-refractivity contribution is -0.137. The summed E-state index contributed by atoms with van der Waals surface area (Å²) >= 11 is 3.38. The fourth-order valence-corrected chi connectivity index (χ4v) is 3.32. The second-order valence-corrected chi connectivity index (χ2v) is 6.62. The van der Waals surface area contributed by atoms with Gasteiger partial charge < -0.3 is 15.0 Å². The van der Waals surface area contributed by atoms with Crippen LogP contribution in [0.5, 0.6) is 0 Å². The molecule has 1 amide bonds. The Labute approximate surface area is 149 Å². The fourth-order valence-electron chi connectivity index (χ4n) is 2.90. The Bertz CT molecular complexity index is 768. The van der Waals surface area contributed by atoms with Crippen LogP contribution in [0.2, 0.25) is 0 Å². The molecule has 24 heavy (non-hydrogen) atoms. The highest BCUT2D eigenvalue weighted by Gasteiger charge is 2.22. The Hall–Kier alpha value is -2.08. The van der Waals surface area contributed by atoms with Crippen molar-refractivity contribution in [3.05, 3.63) is 57.3 Å². The van der Waals surface area contributed by atoms with Crippen molar-refractivity contribution >= 4 is 27.8 Å². The highest BCUT2D eigenvalue weighted by atomic mass is 79.9. The number of aromatic nitrogens is 1. The lowest BCUT2D eigenvalue weighted by Gasteiger charge is -2.18. The summed E-state index contributed by atoms with van der Waals surface area (Å²) in [7, 11) is 0. The molecule has 128 valence electrons. The molecule has 2 N–H and O–H groups in total. The van der Waals surface area contributed by atoms with E-state index in [-0.39, 0.29) is 12.3 Å². The molecule has 0 aliphatic rings. The van der Waals surface area contributed by atoms with Crippen LogP contribution >= 0.6 is 15.9 Å². The molecule has 0 saturated heterocycles. The van der Waals surface area contributed by atoms with Crippen LogP contribution in [0.15, 0.2) is 34.8 Å². The highest BCUT2D eigenvalue weighted by molar-refractivity contribution is 9.10. The maximum Gasteiger partial charge on any atom is 0.305 e. The normalized spacial score (nSPS) is 12.0. The Morgan fingerprint density at radius 3 is 2.54 bits per heavy atom. The molecule has 1 heterocycles. The maximum atomic E-state index is 12.7. The van der Waals surface area contributed by atoms with Crippen molar-refractivity contribution in [2.45, 2.75) is 39.8 Å². The molecule has 2 rings (SSSR count). The zero-order valence-corrected chi connectivity index (χ0v) is 15.6. The van der Waals surface area contributed by atoms with Gasteiger partial charge in [-0.15, -0.1) is 0 Å². The Kier molecular flexibility index (Phi) is 5.83. The number of hydrogen-bond donors (Lipinski definition) is 2. The molecule has 0 saturated carbocycles. The number of rotatable bonds is 6. The number of carbonyl (C=O) groups excluding carboxylic acids is 1. The van der Waals surface area contributed by atoms with Gasteiger partial charge in [-0.2, -0.15) is 0 Å². The topological polar surface area (TPSA) is 71.3 Å². The molecule has 1 aromatic heterocycles. The number of halogens is 1. The molecule has 0 aliphatic carbocycles. The summed E-state index contributed by atoms with van der Waals surface area (Å²) in [4.78, 5) is 23.9. The third-order valence-corrected chi connectivity index (χ3v) is 4.56. The highest BCUT2D eigenvalue weighted by Crippen LogP contribution is 2.23. The molecular weight excluding hydrogens is 372 g/mol. The largest absolute Gasteiger partial charge is 0.481 e. The Morgan fingerprint density at radius 2 is 2.00 bits per heavy atom. The second-order valence-electron chi connectivity index (χ2n) is 5.71. The van der Waals surface area contributed by atoms with E-state index in [1.54, 1.807) is 0 Å². The predicted molar refractivity (Wildman–Crippen MR) is 96.2 cm³/mol. The number of aliphatic carboxylic acids is 1. The third-order valence-electron chi connectivity index (χ3n) is 4.07. The van der Waals surface area contributed by atoms with E-state index in [2.05, 4.69) is 25.8 Å². The van der Waals surface area contributed by atoms with E-state index in [0.29, 0.717) is 5.56 Å². The average molecular weight is 393 g/mol. The number of nitrogens with one attached hydrogen (secondary N) is 1. The molecule has 0 spiro atoms. The number of carboxylic acid groups (broad SMARTS) is 1. The van der Waals surface area contributed by atoms with E-state index >= 15 is 0 Å². The molecule has 0 bridgehead atoms. The molecule has 1 atom stereocenters. The van der Waals surface area contributed by atoms with Crippen molar-refractivity contribution in [2.24, 2.45) is 0 Å². The quantitative estimate of drug-likeness (QED) is 0.784. The molecule has 5 nitrogen and oxygen atoms in total. The van der Waals surface area contributed by atoms with Crippen LogP contribution in [-0.2, 0) is 11.3 Å². The number of benzene rings is 1. The van der Waals surface area contributed by atoms with E-state index in [9.17, 15) is 14.7 Å². The third kappa shape index (κ3) is 4.06. The maximum absolute atomic E-state index is 12.7. The van der Waals surface area contributed by atoms with Crippen molar-refractivity contribution in [2.75, 3.05) is 0 Å². The molecule has 6 heteroatoms. The van der Waals surface area contributed by atoms with Crippen molar-refractivity contribution < 1.29 is 14.7 Å². The van der Waals surface area contributed by atoms with Crippen LogP contribution in [0.4, 0.5) is 0 Å². The van der Waals surface area contributed by atoms with Crippen LogP contribution in [0, 0.1) is 13.8 Å². The lowest BCUT2D eigenvalue weighted by Crippen LogP contribution is -2.30. The lowest BCUT2D eigenvalue weighted by atomic mass is 10.0. The summed E-state index contributed by atoms with van der Waals surface area (Å²) in [6, 6.07) is 8.57. The van der Waals surface area contributed by atoms with Crippen molar-refractivity contribution in [3.8, 4) is 0 Å². The van der Waals surface area contributed by atoms with Crippen LogP contribution in [-0.4, -0.2) is 21.6 Å². The minimum atomic E-state index is -0.959. The molecule has 0 radical (unpaired) electrons. The van der Waals surface area contributed by atoms with Gasteiger partial charge in [0.15, 0.2) is 0 Å². The molecule has 1 aromatic carbocycles. The summed E-state index contributed by atoms with van der Waals surface area (Å²) in [5, 5.41) is 12.0. The van der Waals surface area contributed by atoms with Gasteiger partial charge in [-0.05, 0) is 44.5 Å². The van der Waals surface area contributed by atoms with Crippen LogP contribution in [0.3, 0.4) is 0 Å². The van der Waals surface area contributed by atoms with Gasteiger partial charge in [0.2, 0.25) is 0 Å². The predicted octanol–water partition coefficient (Wildman–Crippen LogP) is 3.83. The number of aryl methyl sites for hydroxylation is 1. The van der Waals surface area contributed by atoms with Crippen LogP contribution in [0.25, 0.3) is 0 Å². The van der Waals surface area contributed by atoms with Gasteiger partial charge in [-0.1, -0.05) is 28.1 Å². The first kappa shape index (κ1) is 18.3. The molecule has 0 aliphatic heterocycles. The van der Waals surface area contributed by atoms with Crippen molar-refractivity contribution in [3.63, 3.8) is 0 Å². The molecule has 1 unspecified atom stereocenters. The zero-order chi connectivity index (χ0) is 17.9. The van der Waals surface area contributed by atoms with Gasteiger partial charge >= 0.3 is 5.97 Å². The second kappa shape index (κ2) is 7.66. The minimum absolute atomic E-state index is 0.172. The molecule has 0 fully saturated rings. The van der Waals surface area contributed by atoms with Gasteiger partial charge in [0, 0.05) is 22.4 Å². The van der Waals surface area contributed by atoms with Crippen molar-refractivity contribution in [1.29, 1.82) is 0 Å². The monoisotopic (exact) mass is 392 g/mol. The fraction of sp³-hybridized carbons (Fsp3) is 0.333. The summed E-state index contributed by atoms with van der Waals surface area (Å²) < 4.78 is 2.90. The Balaban J connectivity index is 2.29. The molecule has 2 aromatic rings. The van der Waals surface area contributed by atoms with E-state index in [0.717, 1.165) is 28.0 Å². The van der Waals surface area contributed by atoms with E-state index in [1.165, 1.54) is 0 Å². The van der Waals surface area contributed by atoms with Crippen molar-refractivity contribution in [1.82, 2.24) is 9.88 Å². The van der Waals surface area contributed by atoms with E-state index in [4.69, 9.17) is 0 Å². The van der Waals surface area contributed by atoms with Gasteiger partial charge in [0.05, 0.1) is 18.0 Å². The standard InChI is InChI=1S/C18H21BrN2O3/c1-4-21-11(2)8-15(12(21)3)18(24)20-16(10-17(22)23)13-6-5-7-14(19)9-13/h5-9,16H,4,10H2,1-3H3,(H,20,24)(H,22,23). The SMILES string of the molecule is CCn1c(C)cc(C(=O)NC(CC(=O)O)c2cccc(Br)c2)c1C. The number of hydrogen-bond acceptors (Lipinski definition) is 2. The van der Waals surface area contributed by atoms with E-state index < -0.39 is 12.0 Å². The average Bonchev–Trinajstić information content (AvgIpc) is 2.80. The summed E-state index contributed by atoms with van der Waals surface area (Å²) in [6.45, 7) is 6.67. The van der Waals surface area contributed by atoms with Gasteiger partial charge in [-0.25, -0.2) is 0 Å². The molecular formula is C18H21BrN2O3. The van der Waals surface area contributed by atoms with Gasteiger partial charge in [-0.3, -0.25) is 9.59 Å².